The van der Waals surface area contributed by atoms with Crippen LogP contribution >= 0.6 is 0 Å². The summed E-state index contributed by atoms with van der Waals surface area (Å²) in [4.78, 5) is 0. The minimum Gasteiger partial charge on any atom is -0.350 e. The summed E-state index contributed by atoms with van der Waals surface area (Å²) in [6.07, 6.45) is 3.31. The lowest BCUT2D eigenvalue weighted by Gasteiger charge is -2.22. The van der Waals surface area contributed by atoms with Gasteiger partial charge in [0, 0.05) is 6.42 Å². The van der Waals surface area contributed by atoms with Gasteiger partial charge < -0.3 is 9.47 Å². The Morgan fingerprint density at radius 3 is 1.62 bits per heavy atom. The van der Waals surface area contributed by atoms with E-state index in [1.165, 1.54) is 0 Å². The van der Waals surface area contributed by atoms with E-state index >= 15 is 0 Å². The number of hydrogen-bond donors (Lipinski definition) is 0. The van der Waals surface area contributed by atoms with Crippen LogP contribution in [0.3, 0.4) is 0 Å². The molecule has 0 rings (SSSR count). The van der Waals surface area contributed by atoms with E-state index in [4.69, 9.17) is 9.47 Å². The molecular weight excluding hydrogens is 179 g/mol. The first-order valence-electron chi connectivity index (χ1n) is 4.65. The average molecular weight is 203 g/mol. The van der Waals surface area contributed by atoms with Gasteiger partial charge in [0.25, 0.3) is 0 Å². The van der Waals surface area contributed by atoms with Crippen molar-refractivity contribution < 1.29 is 9.47 Å². The van der Waals surface area contributed by atoms with Gasteiger partial charge >= 0.3 is 0 Å². The van der Waals surface area contributed by atoms with E-state index < -0.39 is 0 Å². The van der Waals surface area contributed by atoms with Crippen molar-refractivity contribution in [1.29, 1.82) is 0 Å². The van der Waals surface area contributed by atoms with Crippen molar-refractivity contribution in [3.05, 3.63) is 6.42 Å². The Hall–Kier alpha value is 0.452. The monoisotopic (exact) mass is 203 g/mol. The molecule has 0 amide bonds. The Morgan fingerprint density at radius 2 is 1.38 bits per heavy atom. The normalized spacial score (nSPS) is 11.1. The summed E-state index contributed by atoms with van der Waals surface area (Å²) in [5.74, 6) is 0. The van der Waals surface area contributed by atoms with Crippen LogP contribution in [0.1, 0.15) is 41.0 Å². The molecule has 0 aliphatic heterocycles. The van der Waals surface area contributed by atoms with Crippen LogP contribution in [0.25, 0.3) is 0 Å². The van der Waals surface area contributed by atoms with Gasteiger partial charge in [0.1, 0.15) is 0 Å². The highest BCUT2D eigenvalue weighted by atomic mass is 27.0. The zero-order chi connectivity index (χ0) is 9.56. The Balaban J connectivity index is 0. The van der Waals surface area contributed by atoms with E-state index in [9.17, 15) is 0 Å². The quantitative estimate of drug-likeness (QED) is 0.482. The van der Waals surface area contributed by atoms with Crippen molar-refractivity contribution in [3.63, 3.8) is 0 Å². The molecule has 0 bridgehead atoms. The first kappa shape index (κ1) is 15.9. The standard InChI is InChI=1S/C10H21O2.Al.3H/c1-6-7-10(11-8(2)3)12-9(4)5;;;;/h6,8-10H,7H2,1-5H3;;;;. The highest BCUT2D eigenvalue weighted by molar-refractivity contribution is 5.75. The smallest absolute Gasteiger partial charge is 0.187 e. The van der Waals surface area contributed by atoms with Gasteiger partial charge in [0.05, 0.1) is 12.2 Å². The van der Waals surface area contributed by atoms with Crippen LogP contribution in [-0.4, -0.2) is 35.9 Å². The second kappa shape index (κ2) is 9.03. The van der Waals surface area contributed by atoms with Crippen LogP contribution in [0.2, 0.25) is 0 Å². The molecule has 0 saturated heterocycles. The molecule has 13 heavy (non-hydrogen) atoms. The predicted octanol–water partition coefficient (Wildman–Crippen LogP) is 1.59. The van der Waals surface area contributed by atoms with Crippen LogP contribution in [0.5, 0.6) is 0 Å². The maximum absolute atomic E-state index is 5.55. The summed E-state index contributed by atoms with van der Waals surface area (Å²) in [6.45, 7) is 10.1. The van der Waals surface area contributed by atoms with Gasteiger partial charge in [-0.3, -0.25) is 0 Å². The summed E-state index contributed by atoms with van der Waals surface area (Å²) in [6, 6.07) is 0. The van der Waals surface area contributed by atoms with Crippen molar-refractivity contribution in [2.75, 3.05) is 0 Å². The Morgan fingerprint density at radius 1 is 1.00 bits per heavy atom. The average Bonchev–Trinajstić information content (AvgIpc) is 1.84. The maximum Gasteiger partial charge on any atom is 0.187 e. The third-order valence-corrected chi connectivity index (χ3v) is 1.28. The van der Waals surface area contributed by atoms with Crippen molar-refractivity contribution in [2.45, 2.75) is 59.5 Å². The Kier molecular flexibility index (Phi) is 11.0. The SMILES string of the molecule is C[CH]CC(OC(C)C)OC(C)C.[AlH3]. The molecule has 0 heterocycles. The first-order valence-corrected chi connectivity index (χ1v) is 4.65. The zero-order valence-corrected chi connectivity index (χ0v) is 8.83. The lowest BCUT2D eigenvalue weighted by molar-refractivity contribution is -0.179. The minimum absolute atomic E-state index is 0. The molecule has 0 aromatic carbocycles. The molecule has 0 unspecified atom stereocenters. The lowest BCUT2D eigenvalue weighted by Crippen LogP contribution is -2.24. The molecule has 0 aromatic rings. The fourth-order valence-electron chi connectivity index (χ4n) is 0.943. The van der Waals surface area contributed by atoms with E-state index in [2.05, 4.69) is 6.42 Å². The molecule has 0 spiro atoms. The van der Waals surface area contributed by atoms with Crippen molar-refractivity contribution in [3.8, 4) is 0 Å². The largest absolute Gasteiger partial charge is 0.350 e. The molecule has 2 nitrogen and oxygen atoms in total. The van der Waals surface area contributed by atoms with E-state index in [-0.39, 0.29) is 35.9 Å². The van der Waals surface area contributed by atoms with Crippen LogP contribution in [0.15, 0.2) is 0 Å². The third-order valence-electron chi connectivity index (χ3n) is 1.28. The van der Waals surface area contributed by atoms with Gasteiger partial charge in [-0.15, -0.1) is 0 Å². The molecule has 0 aromatic heterocycles. The summed E-state index contributed by atoms with van der Waals surface area (Å²) in [5, 5.41) is 0. The van der Waals surface area contributed by atoms with Gasteiger partial charge in [0.2, 0.25) is 0 Å². The predicted molar refractivity (Wildman–Crippen MR) is 60.8 cm³/mol. The number of ether oxygens (including phenoxy) is 2. The fourth-order valence-corrected chi connectivity index (χ4v) is 0.943. The molecule has 0 aliphatic carbocycles. The summed E-state index contributed by atoms with van der Waals surface area (Å²) in [5.41, 5.74) is 0. The van der Waals surface area contributed by atoms with Gasteiger partial charge in [-0.25, -0.2) is 0 Å². The third kappa shape index (κ3) is 10.4. The molecular formula is C10H24AlO2. The van der Waals surface area contributed by atoms with Crippen molar-refractivity contribution in [1.82, 2.24) is 0 Å². The van der Waals surface area contributed by atoms with Crippen molar-refractivity contribution in [2.24, 2.45) is 0 Å². The van der Waals surface area contributed by atoms with Crippen molar-refractivity contribution >= 4 is 17.4 Å². The maximum atomic E-state index is 5.55. The van der Waals surface area contributed by atoms with E-state index in [1.807, 2.05) is 34.6 Å². The summed E-state index contributed by atoms with van der Waals surface area (Å²) < 4.78 is 11.1. The lowest BCUT2D eigenvalue weighted by atomic mass is 10.3. The molecule has 79 valence electrons. The van der Waals surface area contributed by atoms with Gasteiger partial charge in [0.15, 0.2) is 23.7 Å². The molecule has 3 heteroatoms. The highest BCUT2D eigenvalue weighted by Crippen LogP contribution is 2.08. The first-order chi connectivity index (χ1) is 5.56. The Bertz CT molecular complexity index is 95.1. The van der Waals surface area contributed by atoms with E-state index in [0.29, 0.717) is 0 Å². The van der Waals surface area contributed by atoms with Gasteiger partial charge in [-0.2, -0.15) is 0 Å². The second-order valence-corrected chi connectivity index (χ2v) is 3.44. The van der Waals surface area contributed by atoms with Crippen LogP contribution in [-0.2, 0) is 9.47 Å². The summed E-state index contributed by atoms with van der Waals surface area (Å²) >= 11 is 0. The molecule has 0 N–H and O–H groups in total. The fraction of sp³-hybridized carbons (Fsp3) is 0.900. The molecule has 0 saturated carbocycles. The molecule has 0 aliphatic rings. The molecule has 0 atom stereocenters. The second-order valence-electron chi connectivity index (χ2n) is 3.44. The Labute approximate surface area is 93.1 Å². The van der Waals surface area contributed by atoms with Crippen LogP contribution in [0.4, 0.5) is 0 Å². The molecule has 0 fully saturated rings. The van der Waals surface area contributed by atoms with Crippen LogP contribution < -0.4 is 0 Å². The zero-order valence-electron chi connectivity index (χ0n) is 8.83. The topological polar surface area (TPSA) is 18.5 Å². The van der Waals surface area contributed by atoms with Gasteiger partial charge in [-0.1, -0.05) is 6.92 Å². The van der Waals surface area contributed by atoms with E-state index in [1.54, 1.807) is 0 Å². The van der Waals surface area contributed by atoms with Crippen LogP contribution in [0, 0.1) is 6.42 Å². The number of hydrogen-bond acceptors (Lipinski definition) is 2. The van der Waals surface area contributed by atoms with E-state index in [0.717, 1.165) is 6.42 Å². The summed E-state index contributed by atoms with van der Waals surface area (Å²) in [7, 11) is 0. The minimum atomic E-state index is -0.0741. The highest BCUT2D eigenvalue weighted by Gasteiger charge is 2.11. The number of rotatable bonds is 6. The molecule has 1 radical (unpaired) electrons. The van der Waals surface area contributed by atoms with Gasteiger partial charge in [-0.05, 0) is 34.1 Å².